The van der Waals surface area contributed by atoms with Crippen LogP contribution in [-0.4, -0.2) is 5.11 Å². The highest BCUT2D eigenvalue weighted by Crippen LogP contribution is 2.24. The fraction of sp³-hybridized carbons (Fsp3) is 0.294. The molecule has 20 heavy (non-hydrogen) atoms. The van der Waals surface area contributed by atoms with Crippen LogP contribution in [0.3, 0.4) is 0 Å². The van der Waals surface area contributed by atoms with Crippen LogP contribution in [0.1, 0.15) is 42.6 Å². The third kappa shape index (κ3) is 3.68. The predicted octanol–water partition coefficient (Wildman–Crippen LogP) is 4.99. The Bertz CT molecular complexity index is 578. The molecule has 0 fully saturated rings. The lowest BCUT2D eigenvalue weighted by Gasteiger charge is -2.13. The molecular formula is C17H18BrFO. The van der Waals surface area contributed by atoms with Gasteiger partial charge in [-0.2, -0.15) is 0 Å². The van der Waals surface area contributed by atoms with E-state index in [1.165, 1.54) is 11.6 Å². The molecule has 0 aliphatic carbocycles. The molecule has 0 aromatic heterocycles. The number of aliphatic hydroxyl groups is 1. The van der Waals surface area contributed by atoms with E-state index in [-0.39, 0.29) is 12.2 Å². The monoisotopic (exact) mass is 336 g/mol. The molecule has 0 heterocycles. The summed E-state index contributed by atoms with van der Waals surface area (Å²) in [6, 6.07) is 12.8. The molecule has 1 unspecified atom stereocenters. The Morgan fingerprint density at radius 2 is 1.65 bits per heavy atom. The zero-order valence-corrected chi connectivity index (χ0v) is 13.2. The van der Waals surface area contributed by atoms with Gasteiger partial charge in [0.05, 0.1) is 6.10 Å². The summed E-state index contributed by atoms with van der Waals surface area (Å²) >= 11 is 3.23. The van der Waals surface area contributed by atoms with Gasteiger partial charge in [0.2, 0.25) is 0 Å². The van der Waals surface area contributed by atoms with Gasteiger partial charge in [-0.15, -0.1) is 0 Å². The second-order valence-corrected chi connectivity index (χ2v) is 6.19. The van der Waals surface area contributed by atoms with Crippen LogP contribution in [0, 0.1) is 5.82 Å². The molecule has 0 bridgehead atoms. The van der Waals surface area contributed by atoms with Gasteiger partial charge < -0.3 is 5.11 Å². The van der Waals surface area contributed by atoms with Gasteiger partial charge in [-0.3, -0.25) is 0 Å². The van der Waals surface area contributed by atoms with Gasteiger partial charge >= 0.3 is 0 Å². The lowest BCUT2D eigenvalue weighted by Crippen LogP contribution is -2.04. The van der Waals surface area contributed by atoms with E-state index in [0.29, 0.717) is 16.0 Å². The van der Waals surface area contributed by atoms with Crippen LogP contribution in [-0.2, 0) is 6.42 Å². The summed E-state index contributed by atoms with van der Waals surface area (Å²) in [6.07, 6.45) is -0.410. The second kappa shape index (κ2) is 6.51. The number of aliphatic hydroxyl groups excluding tert-OH is 1. The highest BCUT2D eigenvalue weighted by atomic mass is 79.9. The molecule has 0 amide bonds. The zero-order chi connectivity index (χ0) is 14.7. The van der Waals surface area contributed by atoms with Crippen molar-refractivity contribution >= 4 is 15.9 Å². The first kappa shape index (κ1) is 15.2. The minimum atomic E-state index is -0.688. The van der Waals surface area contributed by atoms with Crippen LogP contribution in [0.25, 0.3) is 0 Å². The highest BCUT2D eigenvalue weighted by Gasteiger charge is 2.12. The van der Waals surface area contributed by atoms with E-state index >= 15 is 0 Å². The molecule has 2 aromatic carbocycles. The summed E-state index contributed by atoms with van der Waals surface area (Å²) in [5, 5.41) is 10.2. The minimum absolute atomic E-state index is 0.278. The Morgan fingerprint density at radius 1 is 1.05 bits per heavy atom. The molecule has 1 atom stereocenters. The molecule has 0 spiro atoms. The average Bonchev–Trinajstić information content (AvgIpc) is 2.42. The molecule has 0 saturated carbocycles. The number of benzene rings is 2. The second-order valence-electron chi connectivity index (χ2n) is 5.28. The standard InChI is InChI=1S/C17H18BrFO/c1-11(2)12-3-5-13(6-4-12)17(20)9-14-7-8-15(18)10-16(14)19/h3-8,10-11,17,20H,9H2,1-2H3. The summed E-state index contributed by atoms with van der Waals surface area (Å²) in [5.41, 5.74) is 2.57. The van der Waals surface area contributed by atoms with Crippen LogP contribution in [0.4, 0.5) is 4.39 Å². The molecule has 106 valence electrons. The Labute approximate surface area is 127 Å². The van der Waals surface area contributed by atoms with E-state index in [2.05, 4.69) is 29.8 Å². The quantitative estimate of drug-likeness (QED) is 0.833. The van der Waals surface area contributed by atoms with E-state index in [4.69, 9.17) is 0 Å². The van der Waals surface area contributed by atoms with Gasteiger partial charge in [-0.1, -0.05) is 60.1 Å². The van der Waals surface area contributed by atoms with Crippen LogP contribution in [0.15, 0.2) is 46.9 Å². The van der Waals surface area contributed by atoms with Crippen LogP contribution >= 0.6 is 15.9 Å². The maximum absolute atomic E-state index is 13.8. The zero-order valence-electron chi connectivity index (χ0n) is 11.6. The largest absolute Gasteiger partial charge is 0.388 e. The van der Waals surface area contributed by atoms with E-state index in [1.54, 1.807) is 12.1 Å². The molecule has 0 radical (unpaired) electrons. The number of rotatable bonds is 4. The number of halogens is 2. The first-order valence-electron chi connectivity index (χ1n) is 6.69. The van der Waals surface area contributed by atoms with Crippen molar-refractivity contribution in [2.24, 2.45) is 0 Å². The predicted molar refractivity (Wildman–Crippen MR) is 83.3 cm³/mol. The summed E-state index contributed by atoms with van der Waals surface area (Å²) in [5.74, 6) is 0.169. The summed E-state index contributed by atoms with van der Waals surface area (Å²) in [4.78, 5) is 0. The third-order valence-electron chi connectivity index (χ3n) is 3.42. The van der Waals surface area contributed by atoms with Crippen molar-refractivity contribution in [2.45, 2.75) is 32.3 Å². The smallest absolute Gasteiger partial charge is 0.127 e. The first-order valence-corrected chi connectivity index (χ1v) is 7.48. The van der Waals surface area contributed by atoms with Gasteiger partial charge in [0.25, 0.3) is 0 Å². The summed E-state index contributed by atoms with van der Waals surface area (Å²) < 4.78 is 14.5. The molecule has 2 aromatic rings. The van der Waals surface area contributed by atoms with Gasteiger partial charge in [0.15, 0.2) is 0 Å². The third-order valence-corrected chi connectivity index (χ3v) is 3.91. The number of hydrogen-bond donors (Lipinski definition) is 1. The summed E-state index contributed by atoms with van der Waals surface area (Å²) in [6.45, 7) is 4.26. The van der Waals surface area contributed by atoms with Gasteiger partial charge in [0.1, 0.15) is 5.82 Å². The van der Waals surface area contributed by atoms with Crippen molar-refractivity contribution in [3.63, 3.8) is 0 Å². The Morgan fingerprint density at radius 3 is 2.20 bits per heavy atom. The van der Waals surface area contributed by atoms with Crippen molar-refractivity contribution in [2.75, 3.05) is 0 Å². The van der Waals surface area contributed by atoms with Crippen LogP contribution < -0.4 is 0 Å². The van der Waals surface area contributed by atoms with Crippen molar-refractivity contribution in [3.8, 4) is 0 Å². The van der Waals surface area contributed by atoms with E-state index in [9.17, 15) is 9.50 Å². The van der Waals surface area contributed by atoms with Crippen molar-refractivity contribution in [1.82, 2.24) is 0 Å². The summed E-state index contributed by atoms with van der Waals surface area (Å²) in [7, 11) is 0. The Hall–Kier alpha value is -1.19. The molecule has 0 aliphatic heterocycles. The van der Waals surface area contributed by atoms with Gasteiger partial charge in [-0.25, -0.2) is 4.39 Å². The molecule has 3 heteroatoms. The fourth-order valence-electron chi connectivity index (χ4n) is 2.12. The average molecular weight is 337 g/mol. The molecular weight excluding hydrogens is 319 g/mol. The van der Waals surface area contributed by atoms with Crippen molar-refractivity contribution < 1.29 is 9.50 Å². The van der Waals surface area contributed by atoms with E-state index in [1.807, 2.05) is 24.3 Å². The van der Waals surface area contributed by atoms with Crippen LogP contribution in [0.2, 0.25) is 0 Å². The van der Waals surface area contributed by atoms with Gasteiger partial charge in [0, 0.05) is 10.9 Å². The maximum atomic E-state index is 13.8. The Balaban J connectivity index is 2.13. The van der Waals surface area contributed by atoms with E-state index in [0.717, 1.165) is 5.56 Å². The highest BCUT2D eigenvalue weighted by molar-refractivity contribution is 9.10. The topological polar surface area (TPSA) is 20.2 Å². The minimum Gasteiger partial charge on any atom is -0.388 e. The van der Waals surface area contributed by atoms with Crippen molar-refractivity contribution in [1.29, 1.82) is 0 Å². The molecule has 0 aliphatic rings. The van der Waals surface area contributed by atoms with Crippen LogP contribution in [0.5, 0.6) is 0 Å². The maximum Gasteiger partial charge on any atom is 0.127 e. The van der Waals surface area contributed by atoms with Gasteiger partial charge in [-0.05, 0) is 34.7 Å². The fourth-order valence-corrected chi connectivity index (χ4v) is 2.45. The van der Waals surface area contributed by atoms with Crippen molar-refractivity contribution in [3.05, 3.63) is 69.4 Å². The lowest BCUT2D eigenvalue weighted by molar-refractivity contribution is 0.177. The lowest BCUT2D eigenvalue weighted by atomic mass is 9.97. The molecule has 1 nitrogen and oxygen atoms in total. The Kier molecular flexibility index (Phi) is 4.95. The van der Waals surface area contributed by atoms with E-state index < -0.39 is 6.10 Å². The molecule has 0 saturated heterocycles. The molecule has 1 N–H and O–H groups in total. The first-order chi connectivity index (χ1) is 9.47. The molecule has 2 rings (SSSR count). The normalized spacial score (nSPS) is 12.7. The number of hydrogen-bond acceptors (Lipinski definition) is 1. The SMILES string of the molecule is CC(C)c1ccc(C(O)Cc2ccc(Br)cc2F)cc1.